The Hall–Kier alpha value is -2.38. The molecule has 7 heteroatoms. The van der Waals surface area contributed by atoms with Crippen LogP contribution in [0.25, 0.3) is 0 Å². The molecule has 2 aromatic rings. The molecule has 0 saturated carbocycles. The molecule has 0 aliphatic heterocycles. The van der Waals surface area contributed by atoms with E-state index in [4.69, 9.17) is 0 Å². The fourth-order valence-electron chi connectivity index (χ4n) is 2.94. The number of nitrogens with zero attached hydrogens (tertiary/aromatic N) is 3. The van der Waals surface area contributed by atoms with Gasteiger partial charge >= 0.3 is 0 Å². The van der Waals surface area contributed by atoms with E-state index >= 15 is 0 Å². The summed E-state index contributed by atoms with van der Waals surface area (Å²) in [5, 5.41) is 0. The molecule has 0 bridgehead atoms. The van der Waals surface area contributed by atoms with Crippen LogP contribution in [0.5, 0.6) is 0 Å². The average molecular weight is 404 g/mol. The molecule has 6 nitrogen and oxygen atoms in total. The monoisotopic (exact) mass is 403 g/mol. The summed E-state index contributed by atoms with van der Waals surface area (Å²) in [6, 6.07) is 12.0. The van der Waals surface area contributed by atoms with Gasteiger partial charge in [-0.05, 0) is 30.2 Å². The smallest absolute Gasteiger partial charge is 0.243 e. The van der Waals surface area contributed by atoms with Gasteiger partial charge in [0.1, 0.15) is 0 Å². The zero-order valence-corrected chi connectivity index (χ0v) is 17.6. The molecule has 1 heterocycles. The van der Waals surface area contributed by atoms with Gasteiger partial charge in [0, 0.05) is 32.0 Å². The number of rotatable bonds is 10. The first-order valence-electron chi connectivity index (χ1n) is 9.29. The van der Waals surface area contributed by atoms with Crippen LogP contribution in [0.1, 0.15) is 19.5 Å². The zero-order chi connectivity index (χ0) is 20.7. The maximum Gasteiger partial charge on any atom is 0.243 e. The lowest BCUT2D eigenvalue weighted by molar-refractivity contribution is -0.132. The molecule has 1 aromatic carbocycles. The maximum atomic E-state index is 13.1. The molecule has 0 unspecified atom stereocenters. The number of benzene rings is 1. The minimum Gasteiger partial charge on any atom is -0.353 e. The normalized spacial score (nSPS) is 11.8. The van der Waals surface area contributed by atoms with Gasteiger partial charge < -0.3 is 9.47 Å². The van der Waals surface area contributed by atoms with Gasteiger partial charge in [-0.2, -0.15) is 4.31 Å². The lowest BCUT2D eigenvalue weighted by atomic mass is 10.2. The predicted molar refractivity (Wildman–Crippen MR) is 111 cm³/mol. The Labute approximate surface area is 168 Å². The van der Waals surface area contributed by atoms with Crippen molar-refractivity contribution < 1.29 is 13.2 Å². The summed E-state index contributed by atoms with van der Waals surface area (Å²) in [6.45, 7) is 8.56. The Morgan fingerprint density at radius 1 is 1.18 bits per heavy atom. The van der Waals surface area contributed by atoms with Crippen molar-refractivity contribution in [1.82, 2.24) is 13.8 Å². The number of aryl methyl sites for hydroxylation is 1. The van der Waals surface area contributed by atoms with E-state index in [1.165, 1.54) is 22.5 Å². The van der Waals surface area contributed by atoms with Crippen LogP contribution in [-0.4, -0.2) is 47.7 Å². The predicted octanol–water partition coefficient (Wildman–Crippen LogP) is 2.89. The van der Waals surface area contributed by atoms with Gasteiger partial charge in [0.05, 0.1) is 18.0 Å². The van der Waals surface area contributed by atoms with Crippen LogP contribution >= 0.6 is 0 Å². The van der Waals surface area contributed by atoms with E-state index in [-0.39, 0.29) is 29.8 Å². The number of carbonyl (C=O) groups excluding carboxylic acids is 1. The van der Waals surface area contributed by atoms with Gasteiger partial charge in [-0.15, -0.1) is 6.58 Å². The van der Waals surface area contributed by atoms with Crippen molar-refractivity contribution in [1.29, 1.82) is 0 Å². The van der Waals surface area contributed by atoms with E-state index in [0.29, 0.717) is 13.1 Å². The number of amides is 1. The molecule has 0 spiro atoms. The second kappa shape index (κ2) is 9.71. The van der Waals surface area contributed by atoms with Crippen molar-refractivity contribution in [3.05, 3.63) is 67.0 Å². The van der Waals surface area contributed by atoms with Crippen molar-refractivity contribution in [3.8, 4) is 0 Å². The summed E-state index contributed by atoms with van der Waals surface area (Å²) in [7, 11) is -1.85. The molecule has 0 fully saturated rings. The molecule has 0 aliphatic rings. The largest absolute Gasteiger partial charge is 0.353 e. The van der Waals surface area contributed by atoms with Crippen LogP contribution < -0.4 is 0 Å². The first-order chi connectivity index (χ1) is 13.3. The molecule has 0 saturated heterocycles. The second-order valence-electron chi connectivity index (χ2n) is 7.18. The Bertz CT molecular complexity index is 889. The lowest BCUT2D eigenvalue weighted by Crippen LogP contribution is -2.44. The van der Waals surface area contributed by atoms with Gasteiger partial charge in [-0.25, -0.2) is 8.42 Å². The van der Waals surface area contributed by atoms with Crippen molar-refractivity contribution in [2.24, 2.45) is 13.0 Å². The summed E-state index contributed by atoms with van der Waals surface area (Å²) in [6.07, 6.45) is 3.43. The molecule has 1 aromatic heterocycles. The van der Waals surface area contributed by atoms with E-state index in [1.807, 2.05) is 43.8 Å². The Kier molecular flexibility index (Phi) is 7.60. The Balaban J connectivity index is 2.24. The van der Waals surface area contributed by atoms with Crippen molar-refractivity contribution in [3.63, 3.8) is 0 Å². The first-order valence-corrected chi connectivity index (χ1v) is 10.7. The van der Waals surface area contributed by atoms with Crippen LogP contribution in [-0.2, 0) is 28.4 Å². The minimum atomic E-state index is -3.78. The van der Waals surface area contributed by atoms with E-state index in [0.717, 1.165) is 5.69 Å². The number of carbonyl (C=O) groups is 1. The van der Waals surface area contributed by atoms with E-state index in [2.05, 4.69) is 6.58 Å². The first kappa shape index (κ1) is 21.9. The number of hydrogen-bond donors (Lipinski definition) is 0. The molecule has 0 N–H and O–H groups in total. The summed E-state index contributed by atoms with van der Waals surface area (Å²) >= 11 is 0. The Morgan fingerprint density at radius 2 is 1.86 bits per heavy atom. The molecule has 28 heavy (non-hydrogen) atoms. The highest BCUT2D eigenvalue weighted by Crippen LogP contribution is 2.16. The molecular formula is C21H29N3O3S. The fourth-order valence-corrected chi connectivity index (χ4v) is 4.32. The van der Waals surface area contributed by atoms with Crippen molar-refractivity contribution in [2.45, 2.75) is 25.3 Å². The third kappa shape index (κ3) is 5.56. The average Bonchev–Trinajstić information content (AvgIpc) is 3.05. The van der Waals surface area contributed by atoms with Crippen LogP contribution in [0.4, 0.5) is 0 Å². The van der Waals surface area contributed by atoms with Gasteiger partial charge in [0.15, 0.2) is 0 Å². The summed E-state index contributed by atoms with van der Waals surface area (Å²) < 4.78 is 29.1. The van der Waals surface area contributed by atoms with Crippen LogP contribution in [0, 0.1) is 5.92 Å². The third-order valence-electron chi connectivity index (χ3n) is 4.37. The van der Waals surface area contributed by atoms with Gasteiger partial charge in [-0.3, -0.25) is 4.79 Å². The number of sulfonamides is 1. The van der Waals surface area contributed by atoms with Crippen LogP contribution in [0.3, 0.4) is 0 Å². The zero-order valence-electron chi connectivity index (χ0n) is 16.8. The van der Waals surface area contributed by atoms with E-state index < -0.39 is 10.0 Å². The summed E-state index contributed by atoms with van der Waals surface area (Å²) in [5.41, 5.74) is 0.996. The third-order valence-corrected chi connectivity index (χ3v) is 6.19. The van der Waals surface area contributed by atoms with Crippen molar-refractivity contribution in [2.75, 3.05) is 19.6 Å². The summed E-state index contributed by atoms with van der Waals surface area (Å²) in [4.78, 5) is 14.9. The highest BCUT2D eigenvalue weighted by molar-refractivity contribution is 7.89. The van der Waals surface area contributed by atoms with E-state index in [1.54, 1.807) is 23.1 Å². The molecule has 0 atom stereocenters. The molecule has 1 amide bonds. The molecule has 2 rings (SSSR count). The topological polar surface area (TPSA) is 62.6 Å². The minimum absolute atomic E-state index is 0.0721. The van der Waals surface area contributed by atoms with Crippen LogP contribution in [0.2, 0.25) is 0 Å². The standard InChI is InChI=1S/C21H29N3O3S/c1-5-13-24(28(26,27)20-11-7-6-8-12-20)17-21(25)23(15-18(2)3)16-19-10-9-14-22(19)4/h5-12,14,18H,1,13,15-17H2,2-4H3. The number of aromatic nitrogens is 1. The molecule has 152 valence electrons. The SMILES string of the molecule is C=CCN(CC(=O)N(Cc1cccn1C)CC(C)C)S(=O)(=O)c1ccccc1. The highest BCUT2D eigenvalue weighted by Gasteiger charge is 2.28. The highest BCUT2D eigenvalue weighted by atomic mass is 32.2. The lowest BCUT2D eigenvalue weighted by Gasteiger charge is -2.28. The van der Waals surface area contributed by atoms with Crippen LogP contribution in [0.15, 0.2) is 66.2 Å². The van der Waals surface area contributed by atoms with Crippen molar-refractivity contribution >= 4 is 15.9 Å². The maximum absolute atomic E-state index is 13.1. The molecule has 0 radical (unpaired) electrons. The van der Waals surface area contributed by atoms with E-state index in [9.17, 15) is 13.2 Å². The van der Waals surface area contributed by atoms with Gasteiger partial charge in [0.2, 0.25) is 15.9 Å². The quantitative estimate of drug-likeness (QED) is 0.573. The van der Waals surface area contributed by atoms with Gasteiger partial charge in [0.25, 0.3) is 0 Å². The number of hydrogen-bond acceptors (Lipinski definition) is 3. The Morgan fingerprint density at radius 3 is 2.39 bits per heavy atom. The van der Waals surface area contributed by atoms with Gasteiger partial charge in [-0.1, -0.05) is 38.1 Å². The fraction of sp³-hybridized carbons (Fsp3) is 0.381. The second-order valence-corrected chi connectivity index (χ2v) is 9.12. The molecular weight excluding hydrogens is 374 g/mol. The summed E-state index contributed by atoms with van der Waals surface area (Å²) in [5.74, 6) is 0.0408. The molecule has 0 aliphatic carbocycles.